The predicted octanol–water partition coefficient (Wildman–Crippen LogP) is 3.84. The topological polar surface area (TPSA) is 86.3 Å². The van der Waals surface area contributed by atoms with Gasteiger partial charge in [0.05, 0.1) is 11.0 Å². The molecule has 0 aromatic heterocycles. The second-order valence-electron chi connectivity index (χ2n) is 8.02. The van der Waals surface area contributed by atoms with Crippen molar-refractivity contribution in [2.45, 2.75) is 38.5 Å². The minimum absolute atomic E-state index is 0.0273. The molecule has 2 aromatic rings. The molecule has 148 valence electrons. The summed E-state index contributed by atoms with van der Waals surface area (Å²) in [5.74, 6) is 1.23. The van der Waals surface area contributed by atoms with Crippen LogP contribution >= 0.6 is 0 Å². The van der Waals surface area contributed by atoms with Crippen molar-refractivity contribution in [2.24, 2.45) is 15.9 Å². The molecule has 29 heavy (non-hydrogen) atoms. The summed E-state index contributed by atoms with van der Waals surface area (Å²) in [6, 6.07) is 13.0. The lowest BCUT2D eigenvalue weighted by atomic mass is 10.1. The van der Waals surface area contributed by atoms with Crippen molar-refractivity contribution in [1.29, 1.82) is 0 Å². The molecule has 0 amide bonds. The highest BCUT2D eigenvalue weighted by Crippen LogP contribution is 2.41. The summed E-state index contributed by atoms with van der Waals surface area (Å²) in [4.78, 5) is 20.5. The molecule has 3 atom stereocenters. The van der Waals surface area contributed by atoms with Crippen LogP contribution in [0.1, 0.15) is 42.1 Å². The van der Waals surface area contributed by atoms with E-state index >= 15 is 0 Å². The molecule has 5 rings (SSSR count). The van der Waals surface area contributed by atoms with E-state index in [0.717, 1.165) is 6.42 Å². The average molecular weight is 391 g/mol. The highest BCUT2D eigenvalue weighted by molar-refractivity contribution is 6.01. The van der Waals surface area contributed by atoms with Crippen LogP contribution in [-0.4, -0.2) is 35.5 Å². The Labute approximate surface area is 168 Å². The third-order valence-electron chi connectivity index (χ3n) is 5.73. The van der Waals surface area contributed by atoms with Crippen molar-refractivity contribution in [1.82, 2.24) is 0 Å². The smallest absolute Gasteiger partial charge is 0.271 e. The molecule has 0 bridgehead atoms. The van der Waals surface area contributed by atoms with Crippen LogP contribution in [-0.2, 0) is 15.9 Å². The highest BCUT2D eigenvalue weighted by Gasteiger charge is 2.40. The first-order valence-electron chi connectivity index (χ1n) is 9.82. The number of rotatable bonds is 4. The number of fused-ring (bicyclic) bond motifs is 3. The van der Waals surface area contributed by atoms with Crippen LogP contribution in [0.2, 0.25) is 0 Å². The van der Waals surface area contributed by atoms with Gasteiger partial charge in [0.15, 0.2) is 0 Å². The minimum Gasteiger partial charge on any atom is -0.475 e. The van der Waals surface area contributed by atoms with Crippen LogP contribution in [0.25, 0.3) is 0 Å². The van der Waals surface area contributed by atoms with Crippen molar-refractivity contribution in [3.05, 3.63) is 74.8 Å². The Morgan fingerprint density at radius 3 is 2.59 bits per heavy atom. The van der Waals surface area contributed by atoms with Crippen molar-refractivity contribution < 1.29 is 14.4 Å². The lowest BCUT2D eigenvalue weighted by Gasteiger charge is -2.10. The zero-order chi connectivity index (χ0) is 20.1. The van der Waals surface area contributed by atoms with Crippen molar-refractivity contribution in [2.75, 3.05) is 6.61 Å². The number of benzene rings is 2. The maximum atomic E-state index is 11.5. The van der Waals surface area contributed by atoms with E-state index in [4.69, 9.17) is 14.5 Å². The van der Waals surface area contributed by atoms with Gasteiger partial charge >= 0.3 is 0 Å². The molecule has 0 unspecified atom stereocenters. The Kier molecular flexibility index (Phi) is 4.12. The molecular weight excluding hydrogens is 370 g/mol. The van der Waals surface area contributed by atoms with Crippen LogP contribution in [0.5, 0.6) is 0 Å². The Hall–Kier alpha value is -3.22. The molecule has 0 N–H and O–H groups in total. The molecule has 0 radical (unpaired) electrons. The number of ether oxygens (including phenoxy) is 2. The molecule has 2 heterocycles. The third-order valence-corrected chi connectivity index (χ3v) is 5.73. The monoisotopic (exact) mass is 391 g/mol. The van der Waals surface area contributed by atoms with Gasteiger partial charge in [0, 0.05) is 29.7 Å². The molecule has 0 saturated carbocycles. The Balaban J connectivity index is 1.52. The molecule has 1 aliphatic carbocycles. The summed E-state index contributed by atoms with van der Waals surface area (Å²) in [6.45, 7) is 4.65. The van der Waals surface area contributed by atoms with Crippen LogP contribution in [0.15, 0.2) is 52.4 Å². The maximum Gasteiger partial charge on any atom is 0.271 e. The number of nitrogens with zero attached hydrogens (tertiary/aromatic N) is 3. The van der Waals surface area contributed by atoms with E-state index in [0.29, 0.717) is 35.4 Å². The molecule has 2 aliphatic heterocycles. The number of hydrogen-bond donors (Lipinski definition) is 0. The van der Waals surface area contributed by atoms with Gasteiger partial charge in [-0.3, -0.25) is 10.1 Å². The number of hydrogen-bond acceptors (Lipinski definition) is 6. The van der Waals surface area contributed by atoms with Crippen molar-refractivity contribution in [3.8, 4) is 0 Å². The Morgan fingerprint density at radius 2 is 1.86 bits per heavy atom. The van der Waals surface area contributed by atoms with E-state index in [9.17, 15) is 10.1 Å². The van der Waals surface area contributed by atoms with Gasteiger partial charge < -0.3 is 9.47 Å². The number of nitro benzene ring substituents is 1. The van der Waals surface area contributed by atoms with E-state index < -0.39 is 4.92 Å². The van der Waals surface area contributed by atoms with Gasteiger partial charge in [0.25, 0.3) is 5.69 Å². The van der Waals surface area contributed by atoms with Gasteiger partial charge in [-0.1, -0.05) is 38.1 Å². The quantitative estimate of drug-likeness (QED) is 0.585. The van der Waals surface area contributed by atoms with Gasteiger partial charge in [0.1, 0.15) is 18.8 Å². The molecule has 0 saturated heterocycles. The zero-order valence-corrected chi connectivity index (χ0v) is 16.2. The van der Waals surface area contributed by atoms with Crippen LogP contribution in [0.3, 0.4) is 0 Å². The normalized spacial score (nSPS) is 24.4. The van der Waals surface area contributed by atoms with E-state index in [1.165, 1.54) is 23.3 Å². The molecular formula is C22H21N3O4. The first-order chi connectivity index (χ1) is 14.0. The highest BCUT2D eigenvalue weighted by atomic mass is 16.6. The number of nitro groups is 1. The SMILES string of the molecule is CC(C)[C@@H]1COC(c2cc(C3=N[C@@H]4c5ccccc5C[C@@H]4O3)cc([N+](=O)[O-])c2)=N1. The maximum absolute atomic E-state index is 11.5. The predicted molar refractivity (Wildman–Crippen MR) is 109 cm³/mol. The summed E-state index contributed by atoms with van der Waals surface area (Å²) >= 11 is 0. The largest absolute Gasteiger partial charge is 0.475 e. The first-order valence-corrected chi connectivity index (χ1v) is 9.82. The summed E-state index contributed by atoms with van der Waals surface area (Å²) in [5.41, 5.74) is 3.56. The molecule has 2 aromatic carbocycles. The molecule has 0 fully saturated rings. The van der Waals surface area contributed by atoms with Crippen molar-refractivity contribution >= 4 is 17.5 Å². The van der Waals surface area contributed by atoms with Gasteiger partial charge in [-0.25, -0.2) is 9.98 Å². The summed E-state index contributed by atoms with van der Waals surface area (Å²) in [7, 11) is 0. The molecule has 7 heteroatoms. The lowest BCUT2D eigenvalue weighted by Crippen LogP contribution is -2.14. The summed E-state index contributed by atoms with van der Waals surface area (Å²) < 4.78 is 11.8. The van der Waals surface area contributed by atoms with Crippen LogP contribution in [0, 0.1) is 16.0 Å². The Bertz CT molecular complexity index is 1060. The Morgan fingerprint density at radius 1 is 1.10 bits per heavy atom. The first kappa shape index (κ1) is 17.8. The molecule has 3 aliphatic rings. The van der Waals surface area contributed by atoms with Gasteiger partial charge in [-0.2, -0.15) is 0 Å². The van der Waals surface area contributed by atoms with Gasteiger partial charge in [-0.05, 0) is 23.1 Å². The van der Waals surface area contributed by atoms with Crippen molar-refractivity contribution in [3.63, 3.8) is 0 Å². The zero-order valence-electron chi connectivity index (χ0n) is 16.2. The van der Waals surface area contributed by atoms with E-state index in [1.807, 2.05) is 18.2 Å². The average Bonchev–Trinajstić information content (AvgIpc) is 3.42. The van der Waals surface area contributed by atoms with Gasteiger partial charge in [0.2, 0.25) is 11.8 Å². The standard InChI is InChI=1S/C22H21N3O4/c1-12(2)18-11-28-21(23-18)14-7-15(9-16(8-14)25(26)27)22-24-20-17-6-4-3-5-13(17)10-19(20)29-22/h3-9,12,18-20H,10-11H2,1-2H3/t18-,19-,20+/m0/s1. The fraction of sp³-hybridized carbons (Fsp3) is 0.364. The van der Waals surface area contributed by atoms with Crippen LogP contribution in [0.4, 0.5) is 5.69 Å². The van der Waals surface area contributed by atoms with Crippen LogP contribution < -0.4 is 0 Å². The number of aliphatic imine (C=N–C) groups is 2. The lowest BCUT2D eigenvalue weighted by molar-refractivity contribution is -0.384. The minimum atomic E-state index is -0.409. The second-order valence-corrected chi connectivity index (χ2v) is 8.02. The number of non-ortho nitro benzene ring substituents is 1. The van der Waals surface area contributed by atoms with E-state index in [2.05, 4.69) is 31.0 Å². The summed E-state index contributed by atoms with van der Waals surface area (Å²) in [5, 5.41) is 11.5. The third kappa shape index (κ3) is 3.06. The fourth-order valence-corrected chi connectivity index (χ4v) is 4.09. The molecule has 7 nitrogen and oxygen atoms in total. The second kappa shape index (κ2) is 6.69. The van der Waals surface area contributed by atoms with E-state index in [1.54, 1.807) is 0 Å². The van der Waals surface area contributed by atoms with E-state index in [-0.39, 0.29) is 23.9 Å². The summed E-state index contributed by atoms with van der Waals surface area (Å²) in [6.07, 6.45) is 0.733. The molecule has 0 spiro atoms. The van der Waals surface area contributed by atoms with Gasteiger partial charge in [-0.15, -0.1) is 0 Å². The fourth-order valence-electron chi connectivity index (χ4n) is 4.09.